The molecule has 6 heteroatoms. The summed E-state index contributed by atoms with van der Waals surface area (Å²) in [4.78, 5) is 16.6. The van der Waals surface area contributed by atoms with Gasteiger partial charge in [0.15, 0.2) is 17.1 Å². The van der Waals surface area contributed by atoms with Gasteiger partial charge in [-0.2, -0.15) is 0 Å². The average molecular weight is 318 g/mol. The van der Waals surface area contributed by atoms with Crippen molar-refractivity contribution in [1.82, 2.24) is 9.80 Å². The molecule has 0 saturated carbocycles. The Bertz CT molecular complexity index is 687. The number of carbonyl (C=O) groups excluding carboxylic acids is 1. The molecule has 1 fully saturated rings. The molecule has 1 atom stereocenters. The lowest BCUT2D eigenvalue weighted by Crippen LogP contribution is -2.50. The monoisotopic (exact) mass is 318 g/mol. The quantitative estimate of drug-likeness (QED) is 0.927. The Hall–Kier alpha value is -2.05. The van der Waals surface area contributed by atoms with Crippen molar-refractivity contribution in [3.63, 3.8) is 0 Å². The molecule has 1 aliphatic rings. The molecule has 1 aromatic carbocycles. The Balaban J connectivity index is 1.72. The normalized spacial score (nSPS) is 17.4. The van der Waals surface area contributed by atoms with Gasteiger partial charge in [0.2, 0.25) is 0 Å². The van der Waals surface area contributed by atoms with Crippen LogP contribution in [0.1, 0.15) is 17.5 Å². The van der Waals surface area contributed by atoms with Crippen molar-refractivity contribution in [3.05, 3.63) is 30.0 Å². The number of nitrogens with zero attached hydrogens (tertiary/aromatic N) is 2. The summed E-state index contributed by atoms with van der Waals surface area (Å²) in [5, 5.41) is 10.3. The zero-order chi connectivity index (χ0) is 16.4. The van der Waals surface area contributed by atoms with Crippen molar-refractivity contribution in [2.24, 2.45) is 0 Å². The fourth-order valence-corrected chi connectivity index (χ4v) is 2.97. The number of aliphatic hydroxyl groups excluding tert-OH is 1. The smallest absolute Gasteiger partial charge is 0.289 e. The largest absolute Gasteiger partial charge is 0.493 e. The van der Waals surface area contributed by atoms with Gasteiger partial charge in [-0.15, -0.1) is 0 Å². The van der Waals surface area contributed by atoms with Crippen molar-refractivity contribution >= 4 is 16.9 Å². The first-order chi connectivity index (χ1) is 11.1. The maximum Gasteiger partial charge on any atom is 0.289 e. The lowest BCUT2D eigenvalue weighted by atomic mass is 10.2. The highest BCUT2D eigenvalue weighted by Gasteiger charge is 2.25. The second kappa shape index (κ2) is 6.60. The predicted octanol–water partition coefficient (Wildman–Crippen LogP) is 1.58. The summed E-state index contributed by atoms with van der Waals surface area (Å²) in [5.41, 5.74) is 0.603. The van der Waals surface area contributed by atoms with E-state index in [1.807, 2.05) is 18.2 Å². The van der Waals surface area contributed by atoms with Gasteiger partial charge in [0.05, 0.1) is 13.2 Å². The number of ether oxygens (including phenoxy) is 1. The molecule has 0 unspecified atom stereocenters. The zero-order valence-corrected chi connectivity index (χ0v) is 13.5. The van der Waals surface area contributed by atoms with Crippen LogP contribution >= 0.6 is 0 Å². The Morgan fingerprint density at radius 2 is 2.09 bits per heavy atom. The van der Waals surface area contributed by atoms with Crippen LogP contribution in [0, 0.1) is 0 Å². The highest BCUT2D eigenvalue weighted by molar-refractivity contribution is 5.97. The Morgan fingerprint density at radius 3 is 2.74 bits per heavy atom. The summed E-state index contributed by atoms with van der Waals surface area (Å²) in [6, 6.07) is 7.36. The average Bonchev–Trinajstić information content (AvgIpc) is 2.98. The van der Waals surface area contributed by atoms with Crippen LogP contribution in [0.5, 0.6) is 5.75 Å². The van der Waals surface area contributed by atoms with Crippen molar-refractivity contribution in [3.8, 4) is 5.75 Å². The number of fused-ring (bicyclic) bond motifs is 1. The summed E-state index contributed by atoms with van der Waals surface area (Å²) in [5.74, 6) is 0.872. The number of amides is 1. The van der Waals surface area contributed by atoms with Gasteiger partial charge >= 0.3 is 0 Å². The molecule has 2 aromatic rings. The van der Waals surface area contributed by atoms with E-state index in [9.17, 15) is 9.90 Å². The summed E-state index contributed by atoms with van der Waals surface area (Å²) in [6.45, 7) is 5.23. The van der Waals surface area contributed by atoms with Crippen LogP contribution in [0.15, 0.2) is 28.7 Å². The third-order valence-corrected chi connectivity index (χ3v) is 4.12. The number of furan rings is 1. The minimum atomic E-state index is -0.347. The van der Waals surface area contributed by atoms with Crippen LogP contribution in [0.25, 0.3) is 11.0 Å². The fourth-order valence-electron chi connectivity index (χ4n) is 2.97. The predicted molar refractivity (Wildman–Crippen MR) is 86.8 cm³/mol. The molecule has 6 nitrogen and oxygen atoms in total. The molecule has 0 aliphatic carbocycles. The molecule has 23 heavy (non-hydrogen) atoms. The van der Waals surface area contributed by atoms with Gasteiger partial charge in [-0.25, -0.2) is 0 Å². The minimum absolute atomic E-state index is 0.0973. The van der Waals surface area contributed by atoms with Gasteiger partial charge in [-0.1, -0.05) is 12.1 Å². The van der Waals surface area contributed by atoms with Crippen LogP contribution in [-0.2, 0) is 0 Å². The number of hydrogen-bond donors (Lipinski definition) is 1. The number of piperazine rings is 1. The Morgan fingerprint density at radius 1 is 1.35 bits per heavy atom. The van der Waals surface area contributed by atoms with E-state index in [4.69, 9.17) is 9.15 Å². The third kappa shape index (κ3) is 3.33. The third-order valence-electron chi connectivity index (χ3n) is 4.12. The van der Waals surface area contributed by atoms with Gasteiger partial charge in [0, 0.05) is 38.1 Å². The molecule has 1 saturated heterocycles. The minimum Gasteiger partial charge on any atom is -0.493 e. The molecule has 1 aromatic heterocycles. The molecule has 124 valence electrons. The number of methoxy groups -OCH3 is 1. The standard InChI is InChI=1S/C17H22N2O4/c1-12(20)11-18-6-8-19(9-7-18)17(21)15-10-13-4-3-5-14(22-2)16(13)23-15/h3-5,10,12,20H,6-9,11H2,1-2H3/t12-/m1/s1. The molecule has 0 spiro atoms. The summed E-state index contributed by atoms with van der Waals surface area (Å²) in [7, 11) is 1.58. The number of benzene rings is 1. The second-order valence-electron chi connectivity index (χ2n) is 5.93. The number of rotatable bonds is 4. The van der Waals surface area contributed by atoms with Crippen LogP contribution in [-0.4, -0.2) is 66.8 Å². The number of hydrogen-bond acceptors (Lipinski definition) is 5. The maximum atomic E-state index is 12.6. The Labute approximate surface area is 135 Å². The summed E-state index contributed by atoms with van der Waals surface area (Å²) < 4.78 is 11.0. The van der Waals surface area contributed by atoms with E-state index < -0.39 is 0 Å². The van der Waals surface area contributed by atoms with Crippen molar-refractivity contribution in [1.29, 1.82) is 0 Å². The van der Waals surface area contributed by atoms with E-state index in [0.29, 0.717) is 36.7 Å². The van der Waals surface area contributed by atoms with Crippen molar-refractivity contribution < 1.29 is 19.1 Å². The number of aliphatic hydroxyl groups is 1. The van der Waals surface area contributed by atoms with E-state index in [2.05, 4.69) is 4.90 Å². The number of carbonyl (C=O) groups is 1. The zero-order valence-electron chi connectivity index (χ0n) is 13.5. The van der Waals surface area contributed by atoms with Crippen LogP contribution < -0.4 is 4.74 Å². The molecule has 2 heterocycles. The molecule has 1 N–H and O–H groups in total. The molecule has 0 bridgehead atoms. The summed E-state index contributed by atoms with van der Waals surface area (Å²) in [6.07, 6.45) is -0.347. The highest BCUT2D eigenvalue weighted by Crippen LogP contribution is 2.29. The maximum absolute atomic E-state index is 12.6. The molecular formula is C17H22N2O4. The first-order valence-electron chi connectivity index (χ1n) is 7.84. The highest BCUT2D eigenvalue weighted by atomic mass is 16.5. The van der Waals surface area contributed by atoms with E-state index in [1.54, 1.807) is 25.0 Å². The molecule has 3 rings (SSSR count). The van der Waals surface area contributed by atoms with Gasteiger partial charge in [-0.3, -0.25) is 9.69 Å². The van der Waals surface area contributed by atoms with Gasteiger partial charge in [-0.05, 0) is 19.1 Å². The van der Waals surface area contributed by atoms with E-state index in [-0.39, 0.29) is 12.0 Å². The van der Waals surface area contributed by atoms with Gasteiger partial charge < -0.3 is 19.2 Å². The van der Waals surface area contributed by atoms with Crippen molar-refractivity contribution in [2.45, 2.75) is 13.0 Å². The van der Waals surface area contributed by atoms with Gasteiger partial charge in [0.25, 0.3) is 5.91 Å². The fraction of sp³-hybridized carbons (Fsp3) is 0.471. The van der Waals surface area contributed by atoms with Crippen molar-refractivity contribution in [2.75, 3.05) is 39.8 Å². The van der Waals surface area contributed by atoms with Crippen LogP contribution in [0.2, 0.25) is 0 Å². The van der Waals surface area contributed by atoms with E-state index >= 15 is 0 Å². The Kier molecular flexibility index (Phi) is 4.54. The molecule has 1 amide bonds. The SMILES string of the molecule is COc1cccc2cc(C(=O)N3CCN(C[C@@H](C)O)CC3)oc12. The topological polar surface area (TPSA) is 66.2 Å². The first kappa shape index (κ1) is 15.8. The lowest BCUT2D eigenvalue weighted by molar-refractivity contribution is 0.0530. The first-order valence-corrected chi connectivity index (χ1v) is 7.84. The number of β-amino-alcohol motifs (C(OH)–C–C–N with tert-alkyl or cyclic N) is 1. The molecule has 0 radical (unpaired) electrons. The second-order valence-corrected chi connectivity index (χ2v) is 5.93. The van der Waals surface area contributed by atoms with E-state index in [1.165, 1.54) is 0 Å². The number of para-hydroxylation sites is 1. The molecule has 1 aliphatic heterocycles. The lowest BCUT2D eigenvalue weighted by Gasteiger charge is -2.34. The molecular weight excluding hydrogens is 296 g/mol. The summed E-state index contributed by atoms with van der Waals surface area (Å²) >= 11 is 0. The van der Waals surface area contributed by atoms with Gasteiger partial charge in [0.1, 0.15) is 0 Å². The van der Waals surface area contributed by atoms with Crippen LogP contribution in [0.3, 0.4) is 0 Å². The van der Waals surface area contributed by atoms with E-state index in [0.717, 1.165) is 18.5 Å². The van der Waals surface area contributed by atoms with Crippen LogP contribution in [0.4, 0.5) is 0 Å².